The third-order valence-corrected chi connectivity index (χ3v) is 9.33. The predicted molar refractivity (Wildman–Crippen MR) is 165 cm³/mol. The number of aromatic nitrogens is 2. The molecule has 1 aromatic carbocycles. The van der Waals surface area contributed by atoms with Crippen molar-refractivity contribution in [3.8, 4) is 5.75 Å². The maximum atomic E-state index is 13.2. The molecule has 0 spiro atoms. The van der Waals surface area contributed by atoms with Crippen LogP contribution in [0.3, 0.4) is 0 Å². The van der Waals surface area contributed by atoms with Crippen LogP contribution in [0.2, 0.25) is 0 Å². The number of fused-ring (bicyclic) bond motifs is 2. The van der Waals surface area contributed by atoms with E-state index in [4.69, 9.17) is 9.72 Å². The van der Waals surface area contributed by atoms with Gasteiger partial charge in [0.05, 0.1) is 24.6 Å². The number of likely N-dealkylation sites (N-methyl/N-ethyl adjacent to an activating group) is 2. The lowest BCUT2D eigenvalue weighted by Crippen LogP contribution is -2.55. The van der Waals surface area contributed by atoms with E-state index in [2.05, 4.69) is 44.3 Å². The number of amides is 2. The molecule has 6 rings (SSSR count). The first-order chi connectivity index (χ1) is 20.8. The Balaban J connectivity index is 1.17. The number of aliphatic hydroxyl groups excluding tert-OH is 1. The Hall–Kier alpha value is -3.48. The van der Waals surface area contributed by atoms with Crippen LogP contribution in [0, 0.1) is 0 Å². The van der Waals surface area contributed by atoms with Crippen LogP contribution < -0.4 is 25.2 Å². The maximum absolute atomic E-state index is 13.2. The molecule has 1 saturated carbocycles. The van der Waals surface area contributed by atoms with E-state index >= 15 is 0 Å². The Morgan fingerprint density at radius 1 is 1.16 bits per heavy atom. The van der Waals surface area contributed by atoms with Crippen molar-refractivity contribution in [3.05, 3.63) is 29.5 Å². The molecule has 1 saturated heterocycles. The first-order valence-corrected chi connectivity index (χ1v) is 15.7. The molecular formula is C31H44N8O4. The van der Waals surface area contributed by atoms with Crippen LogP contribution in [0.1, 0.15) is 54.9 Å². The van der Waals surface area contributed by atoms with Gasteiger partial charge in [0.1, 0.15) is 17.5 Å². The SMILES string of the molecule is CC[C@@H]1C(=O)N(C)c2cnc(Nc3ccc(C(=O)NC[C@H](O)CN4CCN(C)CC4)c4c3OCC4)nc2N1C1CCCC1. The van der Waals surface area contributed by atoms with Crippen molar-refractivity contribution >= 4 is 35.0 Å². The number of carbonyl (C=O) groups excluding carboxylic acids is 2. The molecule has 4 heterocycles. The standard InChI is InChI=1S/C31H44N8O4/c1-4-25-30(42)37(3)26-18-33-31(35-28(26)39(25)20-7-5-6-8-20)34-24-10-9-23(22-11-16-43-27(22)24)29(41)32-17-21(40)19-38-14-12-36(2)13-15-38/h9-10,18,20-21,25,40H,4-8,11-17,19H2,1-3H3,(H,32,41)(H,33,34,35)/t21-,25+/m0/s1. The van der Waals surface area contributed by atoms with Crippen LogP contribution in [-0.2, 0) is 11.2 Å². The van der Waals surface area contributed by atoms with Gasteiger partial charge in [-0.15, -0.1) is 0 Å². The van der Waals surface area contributed by atoms with Gasteiger partial charge in [-0.1, -0.05) is 19.8 Å². The van der Waals surface area contributed by atoms with Crippen molar-refractivity contribution in [2.24, 2.45) is 0 Å². The zero-order valence-electron chi connectivity index (χ0n) is 25.5. The number of aliphatic hydroxyl groups is 1. The number of hydrogen-bond acceptors (Lipinski definition) is 10. The van der Waals surface area contributed by atoms with E-state index in [1.54, 1.807) is 24.2 Å². The van der Waals surface area contributed by atoms with Crippen molar-refractivity contribution < 1.29 is 19.4 Å². The number of nitrogens with zero attached hydrogens (tertiary/aromatic N) is 6. The summed E-state index contributed by atoms with van der Waals surface area (Å²) in [5.74, 6) is 1.68. The summed E-state index contributed by atoms with van der Waals surface area (Å²) in [5.41, 5.74) is 2.79. The lowest BCUT2D eigenvalue weighted by Gasteiger charge is -2.43. The Kier molecular flexibility index (Phi) is 8.69. The summed E-state index contributed by atoms with van der Waals surface area (Å²) < 4.78 is 5.99. The summed E-state index contributed by atoms with van der Waals surface area (Å²) in [6, 6.07) is 3.66. The Morgan fingerprint density at radius 2 is 1.93 bits per heavy atom. The topological polar surface area (TPSA) is 126 Å². The maximum Gasteiger partial charge on any atom is 0.251 e. The lowest BCUT2D eigenvalue weighted by atomic mass is 10.0. The van der Waals surface area contributed by atoms with Gasteiger partial charge in [-0.05, 0) is 38.4 Å². The van der Waals surface area contributed by atoms with Crippen molar-refractivity contribution in [3.63, 3.8) is 0 Å². The molecule has 12 heteroatoms. The second kappa shape index (κ2) is 12.6. The molecule has 43 heavy (non-hydrogen) atoms. The summed E-state index contributed by atoms with van der Waals surface area (Å²) in [5, 5.41) is 16.8. The molecule has 3 aliphatic heterocycles. The fourth-order valence-corrected chi connectivity index (χ4v) is 6.87. The second-order valence-corrected chi connectivity index (χ2v) is 12.2. The number of β-amino-alcohol motifs (C(OH)–C–C–N with tert-alkyl or cyclic N) is 1. The number of anilines is 4. The number of piperazine rings is 1. The fraction of sp³-hybridized carbons (Fsp3) is 0.613. The summed E-state index contributed by atoms with van der Waals surface area (Å²) in [7, 11) is 3.90. The molecule has 0 bridgehead atoms. The third kappa shape index (κ3) is 6.00. The van der Waals surface area contributed by atoms with Crippen LogP contribution in [-0.4, -0.2) is 115 Å². The van der Waals surface area contributed by atoms with E-state index in [1.807, 2.05) is 6.07 Å². The van der Waals surface area contributed by atoms with Gasteiger partial charge < -0.3 is 35.2 Å². The molecule has 12 nitrogen and oxygen atoms in total. The molecule has 1 aliphatic carbocycles. The van der Waals surface area contributed by atoms with Gasteiger partial charge in [0.25, 0.3) is 5.91 Å². The van der Waals surface area contributed by atoms with Gasteiger partial charge in [-0.25, -0.2) is 4.98 Å². The molecule has 3 N–H and O–H groups in total. The molecular weight excluding hydrogens is 548 g/mol. The van der Waals surface area contributed by atoms with Crippen LogP contribution in [0.5, 0.6) is 5.75 Å². The monoisotopic (exact) mass is 592 g/mol. The zero-order valence-corrected chi connectivity index (χ0v) is 25.5. The minimum atomic E-state index is -0.635. The average Bonchev–Trinajstić information content (AvgIpc) is 3.72. The fourth-order valence-electron chi connectivity index (χ4n) is 6.87. The highest BCUT2D eigenvalue weighted by Gasteiger charge is 2.41. The lowest BCUT2D eigenvalue weighted by molar-refractivity contribution is -0.120. The number of rotatable bonds is 9. The van der Waals surface area contributed by atoms with Crippen LogP contribution >= 0.6 is 0 Å². The van der Waals surface area contributed by atoms with Crippen molar-refractivity contribution in [2.75, 3.05) is 75.1 Å². The van der Waals surface area contributed by atoms with E-state index < -0.39 is 6.10 Å². The minimum absolute atomic E-state index is 0.0816. The molecule has 2 aromatic rings. The van der Waals surface area contributed by atoms with Crippen LogP contribution in [0.25, 0.3) is 0 Å². The summed E-state index contributed by atoms with van der Waals surface area (Å²) in [4.78, 5) is 44.3. The Labute approximate surface area is 253 Å². The molecule has 232 valence electrons. The Bertz CT molecular complexity index is 1340. The highest BCUT2D eigenvalue weighted by Crippen LogP contribution is 2.41. The normalized spacial score (nSPS) is 21.9. The van der Waals surface area contributed by atoms with Gasteiger partial charge >= 0.3 is 0 Å². The van der Waals surface area contributed by atoms with E-state index in [0.29, 0.717) is 48.9 Å². The van der Waals surface area contributed by atoms with Crippen LogP contribution in [0.15, 0.2) is 18.3 Å². The van der Waals surface area contributed by atoms with E-state index in [-0.39, 0.29) is 30.4 Å². The molecule has 1 aromatic heterocycles. The highest BCUT2D eigenvalue weighted by molar-refractivity contribution is 6.04. The van der Waals surface area contributed by atoms with E-state index in [1.165, 1.54) is 0 Å². The van der Waals surface area contributed by atoms with Gasteiger partial charge in [0.15, 0.2) is 5.82 Å². The summed E-state index contributed by atoms with van der Waals surface area (Å²) in [6.45, 7) is 7.07. The number of benzene rings is 1. The van der Waals surface area contributed by atoms with E-state index in [9.17, 15) is 14.7 Å². The van der Waals surface area contributed by atoms with Crippen molar-refractivity contribution in [2.45, 2.75) is 63.6 Å². The Morgan fingerprint density at radius 3 is 2.67 bits per heavy atom. The number of carbonyl (C=O) groups is 2. The van der Waals surface area contributed by atoms with Crippen molar-refractivity contribution in [1.29, 1.82) is 0 Å². The molecule has 2 fully saturated rings. The molecule has 2 atom stereocenters. The van der Waals surface area contributed by atoms with Crippen LogP contribution in [0.4, 0.5) is 23.1 Å². The van der Waals surface area contributed by atoms with Gasteiger partial charge in [-0.3, -0.25) is 14.5 Å². The first-order valence-electron chi connectivity index (χ1n) is 15.7. The minimum Gasteiger partial charge on any atom is -0.491 e. The quantitative estimate of drug-likeness (QED) is 0.398. The average molecular weight is 593 g/mol. The summed E-state index contributed by atoms with van der Waals surface area (Å²) in [6.07, 6.45) is 6.83. The zero-order chi connectivity index (χ0) is 30.1. The third-order valence-electron chi connectivity index (χ3n) is 9.33. The number of hydrogen-bond donors (Lipinski definition) is 3. The predicted octanol–water partition coefficient (Wildman–Crippen LogP) is 2.00. The van der Waals surface area contributed by atoms with Gasteiger partial charge in [0.2, 0.25) is 11.9 Å². The van der Waals surface area contributed by atoms with Gasteiger partial charge in [0, 0.05) is 69.9 Å². The largest absolute Gasteiger partial charge is 0.491 e. The molecule has 0 radical (unpaired) electrons. The molecule has 4 aliphatic rings. The first kappa shape index (κ1) is 29.6. The number of nitrogens with one attached hydrogen (secondary N) is 2. The smallest absolute Gasteiger partial charge is 0.251 e. The molecule has 2 amide bonds. The highest BCUT2D eigenvalue weighted by atomic mass is 16.5. The van der Waals surface area contributed by atoms with Gasteiger partial charge in [-0.2, -0.15) is 4.98 Å². The van der Waals surface area contributed by atoms with E-state index in [0.717, 1.165) is 68.9 Å². The molecule has 0 unspecified atom stereocenters. The number of ether oxygens (including phenoxy) is 1. The second-order valence-electron chi connectivity index (χ2n) is 12.2. The van der Waals surface area contributed by atoms with Crippen molar-refractivity contribution in [1.82, 2.24) is 25.1 Å². The summed E-state index contributed by atoms with van der Waals surface area (Å²) >= 11 is 0.